The third-order valence-corrected chi connectivity index (χ3v) is 5.52. The van der Waals surface area contributed by atoms with E-state index in [9.17, 15) is 14.9 Å². The number of thiazole rings is 1. The number of nitrogens with zero attached hydrogens (tertiary/aromatic N) is 2. The molecule has 3 aromatic rings. The van der Waals surface area contributed by atoms with Crippen LogP contribution in [-0.4, -0.2) is 30.0 Å². The molecule has 0 atom stereocenters. The smallest absolute Gasteiger partial charge is 0.274 e. The lowest BCUT2D eigenvalue weighted by Crippen LogP contribution is -2.13. The zero-order chi connectivity index (χ0) is 19.7. The first kappa shape index (κ1) is 19.5. The Morgan fingerprint density at radius 3 is 2.59 bits per heavy atom. The molecule has 2 aromatic carbocycles. The summed E-state index contributed by atoms with van der Waals surface area (Å²) in [6, 6.07) is 6.07. The minimum atomic E-state index is -0.510. The van der Waals surface area contributed by atoms with Gasteiger partial charge >= 0.3 is 0 Å². The molecule has 8 nitrogen and oxygen atoms in total. The van der Waals surface area contributed by atoms with Crippen LogP contribution < -0.4 is 14.8 Å². The summed E-state index contributed by atoms with van der Waals surface area (Å²) < 4.78 is 12.3. The molecule has 0 unspecified atom stereocenters. The van der Waals surface area contributed by atoms with Gasteiger partial charge in [-0.3, -0.25) is 20.2 Å². The van der Waals surface area contributed by atoms with Gasteiger partial charge in [-0.2, -0.15) is 0 Å². The van der Waals surface area contributed by atoms with E-state index in [1.807, 2.05) is 0 Å². The largest absolute Gasteiger partial charge is 0.495 e. The van der Waals surface area contributed by atoms with Crippen LogP contribution in [0.25, 0.3) is 10.2 Å². The number of halogens is 2. The number of nitro groups is 1. The van der Waals surface area contributed by atoms with Gasteiger partial charge in [0.1, 0.15) is 11.3 Å². The van der Waals surface area contributed by atoms with E-state index in [1.165, 1.54) is 26.4 Å². The third kappa shape index (κ3) is 3.89. The zero-order valence-corrected chi connectivity index (χ0v) is 17.9. The average Bonchev–Trinajstić information content (AvgIpc) is 3.02. The second-order valence-electron chi connectivity index (χ2n) is 5.19. The number of rotatable bonds is 5. The molecule has 27 heavy (non-hydrogen) atoms. The lowest BCUT2D eigenvalue weighted by molar-refractivity contribution is -0.384. The Balaban J connectivity index is 2.00. The van der Waals surface area contributed by atoms with Crippen LogP contribution in [0.4, 0.5) is 10.8 Å². The highest BCUT2D eigenvalue weighted by atomic mass is 79.9. The first-order chi connectivity index (χ1) is 12.8. The molecule has 0 spiro atoms. The summed E-state index contributed by atoms with van der Waals surface area (Å²) in [5, 5.41) is 14.0. The molecule has 1 aromatic heterocycles. The molecule has 1 N–H and O–H groups in total. The maximum atomic E-state index is 12.7. The molecule has 0 bridgehead atoms. The number of nitrogens with one attached hydrogen (secondary N) is 1. The van der Waals surface area contributed by atoms with Crippen molar-refractivity contribution in [2.45, 2.75) is 0 Å². The van der Waals surface area contributed by atoms with Gasteiger partial charge < -0.3 is 9.47 Å². The first-order valence-electron chi connectivity index (χ1n) is 7.31. The molecular weight excluding hydrogens is 506 g/mol. The molecule has 1 heterocycles. The monoisotopic (exact) mass is 515 g/mol. The Bertz CT molecular complexity index is 1070. The Kier molecular flexibility index (Phi) is 5.63. The molecule has 0 saturated heterocycles. The number of non-ortho nitro benzene ring substituents is 1. The number of ether oxygens (including phenoxy) is 2. The number of benzene rings is 2. The standard InChI is InChI=1S/C16H11Br2N3O5S/c1-25-11-5-8(21(23)24)6-12-13(11)19-16(27-12)20-15(22)9-3-7(17)4-10(18)14(9)26-2/h3-6H,1-2H3,(H,19,20,22). The van der Waals surface area contributed by atoms with Crippen LogP contribution in [0.3, 0.4) is 0 Å². The van der Waals surface area contributed by atoms with Gasteiger partial charge in [-0.1, -0.05) is 27.3 Å². The van der Waals surface area contributed by atoms with E-state index in [0.717, 1.165) is 11.3 Å². The minimum Gasteiger partial charge on any atom is -0.495 e. The highest BCUT2D eigenvalue weighted by Crippen LogP contribution is 2.37. The van der Waals surface area contributed by atoms with Crippen molar-refractivity contribution in [3.05, 3.63) is 48.9 Å². The SMILES string of the molecule is COc1c(Br)cc(Br)cc1C(=O)Nc1nc2c(OC)cc([N+](=O)[O-])cc2s1. The highest BCUT2D eigenvalue weighted by molar-refractivity contribution is 9.11. The number of methoxy groups -OCH3 is 2. The maximum Gasteiger partial charge on any atom is 0.274 e. The minimum absolute atomic E-state index is 0.113. The van der Waals surface area contributed by atoms with E-state index >= 15 is 0 Å². The van der Waals surface area contributed by atoms with Gasteiger partial charge in [-0.25, -0.2) is 4.98 Å². The quantitative estimate of drug-likeness (QED) is 0.378. The van der Waals surface area contributed by atoms with Crippen molar-refractivity contribution in [3.63, 3.8) is 0 Å². The van der Waals surface area contributed by atoms with Gasteiger partial charge in [-0.15, -0.1) is 0 Å². The van der Waals surface area contributed by atoms with Gasteiger partial charge in [0, 0.05) is 10.5 Å². The fourth-order valence-electron chi connectivity index (χ4n) is 2.40. The summed E-state index contributed by atoms with van der Waals surface area (Å²) in [4.78, 5) is 27.6. The van der Waals surface area contributed by atoms with E-state index in [2.05, 4.69) is 42.2 Å². The normalized spacial score (nSPS) is 10.7. The van der Waals surface area contributed by atoms with Crippen molar-refractivity contribution in [1.82, 2.24) is 4.98 Å². The Hall–Kier alpha value is -2.24. The number of hydrogen-bond donors (Lipinski definition) is 1. The summed E-state index contributed by atoms with van der Waals surface area (Å²) in [6.45, 7) is 0. The first-order valence-corrected chi connectivity index (χ1v) is 9.71. The topological polar surface area (TPSA) is 104 Å². The molecule has 3 rings (SSSR count). The molecule has 11 heteroatoms. The van der Waals surface area contributed by atoms with Crippen LogP contribution in [-0.2, 0) is 0 Å². The van der Waals surface area contributed by atoms with Crippen LogP contribution in [0.2, 0.25) is 0 Å². The lowest BCUT2D eigenvalue weighted by atomic mass is 10.2. The molecule has 140 valence electrons. The summed E-state index contributed by atoms with van der Waals surface area (Å²) in [7, 11) is 2.87. The summed E-state index contributed by atoms with van der Waals surface area (Å²) in [6.07, 6.45) is 0. The second kappa shape index (κ2) is 7.79. The fraction of sp³-hybridized carbons (Fsp3) is 0.125. The Morgan fingerprint density at radius 1 is 1.22 bits per heavy atom. The Labute approximate surface area is 173 Å². The van der Waals surface area contributed by atoms with Crippen molar-refractivity contribution >= 4 is 70.1 Å². The van der Waals surface area contributed by atoms with Crippen LogP contribution >= 0.6 is 43.2 Å². The van der Waals surface area contributed by atoms with Gasteiger partial charge in [0.25, 0.3) is 11.6 Å². The summed E-state index contributed by atoms with van der Waals surface area (Å²) >= 11 is 7.80. The van der Waals surface area contributed by atoms with Gasteiger partial charge in [0.15, 0.2) is 10.9 Å². The fourth-order valence-corrected chi connectivity index (χ4v) is 4.70. The highest BCUT2D eigenvalue weighted by Gasteiger charge is 2.20. The van der Waals surface area contributed by atoms with Crippen molar-refractivity contribution in [2.24, 2.45) is 0 Å². The number of carbonyl (C=O) groups is 1. The molecule has 0 aliphatic carbocycles. The number of hydrogen-bond acceptors (Lipinski definition) is 7. The van der Waals surface area contributed by atoms with Crippen LogP contribution in [0.1, 0.15) is 10.4 Å². The van der Waals surface area contributed by atoms with Crippen molar-refractivity contribution in [3.8, 4) is 11.5 Å². The molecular formula is C16H11Br2N3O5S. The molecule has 0 aliphatic rings. The van der Waals surface area contributed by atoms with E-state index < -0.39 is 10.8 Å². The van der Waals surface area contributed by atoms with E-state index in [1.54, 1.807) is 12.1 Å². The predicted molar refractivity (Wildman–Crippen MR) is 109 cm³/mol. The Morgan fingerprint density at radius 2 is 1.96 bits per heavy atom. The van der Waals surface area contributed by atoms with Gasteiger partial charge in [0.2, 0.25) is 0 Å². The number of fused-ring (bicyclic) bond motifs is 1. The van der Waals surface area contributed by atoms with Gasteiger partial charge in [0.05, 0.1) is 39.9 Å². The molecule has 0 saturated carbocycles. The number of amides is 1. The second-order valence-corrected chi connectivity index (χ2v) is 7.99. The maximum absolute atomic E-state index is 12.7. The van der Waals surface area contributed by atoms with Crippen LogP contribution in [0, 0.1) is 10.1 Å². The van der Waals surface area contributed by atoms with Crippen molar-refractivity contribution in [1.29, 1.82) is 0 Å². The number of anilines is 1. The average molecular weight is 517 g/mol. The molecule has 0 radical (unpaired) electrons. The van der Waals surface area contributed by atoms with Crippen molar-refractivity contribution < 1.29 is 19.2 Å². The summed E-state index contributed by atoms with van der Waals surface area (Å²) in [5.41, 5.74) is 0.625. The van der Waals surface area contributed by atoms with E-state index in [0.29, 0.717) is 30.5 Å². The summed E-state index contributed by atoms with van der Waals surface area (Å²) in [5.74, 6) is 0.213. The molecule has 0 fully saturated rings. The number of aromatic nitrogens is 1. The van der Waals surface area contributed by atoms with E-state index in [-0.39, 0.29) is 16.6 Å². The number of carbonyl (C=O) groups excluding carboxylic acids is 1. The number of nitro benzene ring substituents is 1. The molecule has 0 aliphatic heterocycles. The zero-order valence-electron chi connectivity index (χ0n) is 13.9. The van der Waals surface area contributed by atoms with Crippen LogP contribution in [0.15, 0.2) is 33.2 Å². The van der Waals surface area contributed by atoms with Crippen LogP contribution in [0.5, 0.6) is 11.5 Å². The lowest BCUT2D eigenvalue weighted by Gasteiger charge is -2.10. The molecule has 1 amide bonds. The predicted octanol–water partition coefficient (Wildman–Crippen LogP) is 5.00. The van der Waals surface area contributed by atoms with Gasteiger partial charge in [-0.05, 0) is 28.1 Å². The van der Waals surface area contributed by atoms with E-state index in [4.69, 9.17) is 9.47 Å². The van der Waals surface area contributed by atoms with Crippen molar-refractivity contribution in [2.75, 3.05) is 19.5 Å². The third-order valence-electron chi connectivity index (χ3n) is 3.55.